The molecule has 1 aliphatic rings. The van der Waals surface area contributed by atoms with Gasteiger partial charge in [-0.25, -0.2) is 8.42 Å². The number of nitrogens with zero attached hydrogens (tertiary/aromatic N) is 2. The molecule has 23 heavy (non-hydrogen) atoms. The van der Waals surface area contributed by atoms with E-state index in [9.17, 15) is 18.5 Å². The van der Waals surface area contributed by atoms with Gasteiger partial charge in [0, 0.05) is 25.2 Å². The molecule has 1 fully saturated rings. The van der Waals surface area contributed by atoms with Crippen molar-refractivity contribution in [1.82, 2.24) is 9.62 Å². The molecule has 128 valence electrons. The van der Waals surface area contributed by atoms with E-state index in [1.54, 1.807) is 0 Å². The molecule has 0 spiro atoms. The van der Waals surface area contributed by atoms with Gasteiger partial charge in [0.1, 0.15) is 0 Å². The Balaban J connectivity index is 2.21. The zero-order valence-electron chi connectivity index (χ0n) is 13.4. The number of nitro benzene ring substituents is 1. The smallest absolute Gasteiger partial charge is 0.289 e. The van der Waals surface area contributed by atoms with Gasteiger partial charge in [-0.3, -0.25) is 10.1 Å². The minimum atomic E-state index is -3.85. The number of piperidine rings is 1. The van der Waals surface area contributed by atoms with Crippen molar-refractivity contribution in [3.63, 3.8) is 0 Å². The Kier molecular flexibility index (Phi) is 5.72. The summed E-state index contributed by atoms with van der Waals surface area (Å²) in [7, 11) is -3.85. The predicted octanol–water partition coefficient (Wildman–Crippen LogP) is 1.99. The van der Waals surface area contributed by atoms with E-state index in [-0.39, 0.29) is 16.5 Å². The highest BCUT2D eigenvalue weighted by atomic mass is 32.2. The third-order valence-corrected chi connectivity index (χ3v) is 5.89. The first-order valence-corrected chi connectivity index (χ1v) is 9.23. The molecule has 0 aromatic heterocycles. The van der Waals surface area contributed by atoms with E-state index in [4.69, 9.17) is 0 Å². The molecule has 8 heteroatoms. The highest BCUT2D eigenvalue weighted by molar-refractivity contribution is 7.89. The highest BCUT2D eigenvalue weighted by Crippen LogP contribution is 2.29. The molecule has 1 atom stereocenters. The molecular weight excluding hydrogens is 318 g/mol. The number of sulfonamides is 1. The Morgan fingerprint density at radius 1 is 1.39 bits per heavy atom. The highest BCUT2D eigenvalue weighted by Gasteiger charge is 2.34. The first kappa shape index (κ1) is 17.8. The number of hydrogen-bond donors (Lipinski definition) is 1. The van der Waals surface area contributed by atoms with Gasteiger partial charge in [-0.05, 0) is 31.4 Å². The maximum atomic E-state index is 12.8. The van der Waals surface area contributed by atoms with Crippen molar-refractivity contribution in [1.29, 1.82) is 0 Å². The summed E-state index contributed by atoms with van der Waals surface area (Å²) in [4.78, 5) is 10.2. The largest absolute Gasteiger partial charge is 0.314 e. The third-order valence-electron chi connectivity index (χ3n) is 3.98. The molecule has 2 rings (SSSR count). The SMILES string of the molecule is CC(C)NCC1CCCN(S(=O)(=O)c2ccccc2[N+](=O)[O-])C1. The summed E-state index contributed by atoms with van der Waals surface area (Å²) in [5.74, 6) is 0.226. The van der Waals surface area contributed by atoms with E-state index in [2.05, 4.69) is 5.32 Å². The summed E-state index contributed by atoms with van der Waals surface area (Å²) in [6.45, 7) is 5.65. The van der Waals surface area contributed by atoms with Crippen molar-refractivity contribution in [3.05, 3.63) is 34.4 Å². The molecule has 0 amide bonds. The molecule has 1 N–H and O–H groups in total. The lowest BCUT2D eigenvalue weighted by Crippen LogP contribution is -2.43. The van der Waals surface area contributed by atoms with Crippen LogP contribution in [0.2, 0.25) is 0 Å². The number of benzene rings is 1. The fraction of sp³-hybridized carbons (Fsp3) is 0.600. The maximum Gasteiger partial charge on any atom is 0.289 e. The van der Waals surface area contributed by atoms with E-state index < -0.39 is 14.9 Å². The van der Waals surface area contributed by atoms with Crippen molar-refractivity contribution >= 4 is 15.7 Å². The second-order valence-corrected chi connectivity index (χ2v) is 8.07. The Morgan fingerprint density at radius 3 is 2.74 bits per heavy atom. The van der Waals surface area contributed by atoms with Gasteiger partial charge in [-0.2, -0.15) is 4.31 Å². The second kappa shape index (κ2) is 7.37. The van der Waals surface area contributed by atoms with Crippen LogP contribution in [0.4, 0.5) is 5.69 Å². The zero-order valence-corrected chi connectivity index (χ0v) is 14.3. The number of nitrogens with one attached hydrogen (secondary N) is 1. The Morgan fingerprint density at radius 2 is 2.09 bits per heavy atom. The lowest BCUT2D eigenvalue weighted by atomic mass is 9.99. The Hall–Kier alpha value is -1.51. The van der Waals surface area contributed by atoms with Crippen LogP contribution in [0.25, 0.3) is 0 Å². The van der Waals surface area contributed by atoms with Gasteiger partial charge >= 0.3 is 0 Å². The van der Waals surface area contributed by atoms with Crippen molar-refractivity contribution < 1.29 is 13.3 Å². The Labute approximate surface area is 136 Å². The molecule has 0 saturated carbocycles. The summed E-state index contributed by atoms with van der Waals surface area (Å²) < 4.78 is 27.0. The maximum absolute atomic E-state index is 12.8. The van der Waals surface area contributed by atoms with Crippen LogP contribution in [0.1, 0.15) is 26.7 Å². The molecule has 1 aromatic rings. The van der Waals surface area contributed by atoms with E-state index in [0.717, 1.165) is 19.4 Å². The van der Waals surface area contributed by atoms with Gasteiger partial charge in [0.2, 0.25) is 10.0 Å². The quantitative estimate of drug-likeness (QED) is 0.631. The molecule has 7 nitrogen and oxygen atoms in total. The van der Waals surface area contributed by atoms with Crippen LogP contribution in [-0.2, 0) is 10.0 Å². The fourth-order valence-corrected chi connectivity index (χ4v) is 4.49. The van der Waals surface area contributed by atoms with E-state index in [1.165, 1.54) is 28.6 Å². The van der Waals surface area contributed by atoms with Gasteiger partial charge < -0.3 is 5.32 Å². The molecule has 1 heterocycles. The summed E-state index contributed by atoms with van der Waals surface area (Å²) in [5, 5.41) is 14.4. The van der Waals surface area contributed by atoms with Crippen molar-refractivity contribution in [2.24, 2.45) is 5.92 Å². The van der Waals surface area contributed by atoms with Crippen molar-refractivity contribution in [3.8, 4) is 0 Å². The molecule has 0 bridgehead atoms. The molecule has 1 aliphatic heterocycles. The van der Waals surface area contributed by atoms with E-state index in [1.807, 2.05) is 13.8 Å². The summed E-state index contributed by atoms with van der Waals surface area (Å²) in [6.07, 6.45) is 1.73. The Bertz CT molecular complexity index is 660. The van der Waals surface area contributed by atoms with Gasteiger partial charge in [0.15, 0.2) is 4.90 Å². The normalized spacial score (nSPS) is 19.9. The molecule has 0 aliphatic carbocycles. The van der Waals surface area contributed by atoms with Gasteiger partial charge in [-0.1, -0.05) is 26.0 Å². The van der Waals surface area contributed by atoms with Gasteiger partial charge in [0.05, 0.1) is 4.92 Å². The monoisotopic (exact) mass is 341 g/mol. The number of para-hydroxylation sites is 1. The molecular formula is C15H23N3O4S. The molecule has 1 unspecified atom stereocenters. The second-order valence-electron chi connectivity index (χ2n) is 6.16. The van der Waals surface area contributed by atoms with Crippen LogP contribution in [-0.4, -0.2) is 43.3 Å². The lowest BCUT2D eigenvalue weighted by molar-refractivity contribution is -0.387. The van der Waals surface area contributed by atoms with Crippen LogP contribution >= 0.6 is 0 Å². The van der Waals surface area contributed by atoms with E-state index in [0.29, 0.717) is 19.1 Å². The van der Waals surface area contributed by atoms with Gasteiger partial charge in [-0.15, -0.1) is 0 Å². The summed E-state index contributed by atoms with van der Waals surface area (Å²) >= 11 is 0. The number of nitro groups is 1. The minimum absolute atomic E-state index is 0.220. The third kappa shape index (κ3) is 4.27. The number of hydrogen-bond acceptors (Lipinski definition) is 5. The summed E-state index contributed by atoms with van der Waals surface area (Å²) in [5.41, 5.74) is -0.366. The van der Waals surface area contributed by atoms with Crippen LogP contribution < -0.4 is 5.32 Å². The van der Waals surface area contributed by atoms with Crippen LogP contribution in [0, 0.1) is 16.0 Å². The molecule has 0 radical (unpaired) electrons. The van der Waals surface area contributed by atoms with Crippen molar-refractivity contribution in [2.75, 3.05) is 19.6 Å². The first-order chi connectivity index (χ1) is 10.8. The van der Waals surface area contributed by atoms with Gasteiger partial charge in [0.25, 0.3) is 5.69 Å². The van der Waals surface area contributed by atoms with Crippen LogP contribution in [0.5, 0.6) is 0 Å². The van der Waals surface area contributed by atoms with E-state index >= 15 is 0 Å². The topological polar surface area (TPSA) is 92.6 Å². The van der Waals surface area contributed by atoms with Crippen LogP contribution in [0.15, 0.2) is 29.2 Å². The van der Waals surface area contributed by atoms with Crippen LogP contribution in [0.3, 0.4) is 0 Å². The number of rotatable bonds is 6. The molecule has 1 saturated heterocycles. The standard InChI is InChI=1S/C15H23N3O4S/c1-12(2)16-10-13-6-5-9-17(11-13)23(21,22)15-8-4-3-7-14(15)18(19)20/h3-4,7-8,12-13,16H,5-6,9-11H2,1-2H3. The molecule has 1 aromatic carbocycles. The predicted molar refractivity (Wildman–Crippen MR) is 87.7 cm³/mol. The first-order valence-electron chi connectivity index (χ1n) is 7.79. The zero-order chi connectivity index (χ0) is 17.0. The minimum Gasteiger partial charge on any atom is -0.314 e. The summed E-state index contributed by atoms with van der Waals surface area (Å²) in [6, 6.07) is 5.87. The average Bonchev–Trinajstić information content (AvgIpc) is 2.53. The lowest BCUT2D eigenvalue weighted by Gasteiger charge is -2.32. The average molecular weight is 341 g/mol. The van der Waals surface area contributed by atoms with Crippen molar-refractivity contribution in [2.45, 2.75) is 37.6 Å². The fourth-order valence-electron chi connectivity index (χ4n) is 2.78.